The monoisotopic (exact) mass is 464 g/mol. The van der Waals surface area contributed by atoms with Gasteiger partial charge in [0.05, 0.1) is 30.6 Å². The zero-order chi connectivity index (χ0) is 23.9. The van der Waals surface area contributed by atoms with Crippen molar-refractivity contribution < 1.29 is 29.0 Å². The van der Waals surface area contributed by atoms with Gasteiger partial charge >= 0.3 is 12.1 Å². The zero-order valence-corrected chi connectivity index (χ0v) is 19.0. The molecule has 178 valence electrons. The van der Waals surface area contributed by atoms with E-state index in [-0.39, 0.29) is 38.2 Å². The second kappa shape index (κ2) is 8.76. The molecule has 3 atom stereocenters. The minimum absolute atomic E-state index is 0.0475. The van der Waals surface area contributed by atoms with Crippen LogP contribution < -0.4 is 5.32 Å². The van der Waals surface area contributed by atoms with Crippen LogP contribution >= 0.6 is 0 Å². The number of rotatable bonds is 5. The summed E-state index contributed by atoms with van der Waals surface area (Å²) in [7, 11) is 0. The van der Waals surface area contributed by atoms with E-state index in [1.807, 2.05) is 24.3 Å². The van der Waals surface area contributed by atoms with Gasteiger partial charge in [0.15, 0.2) is 0 Å². The minimum Gasteiger partial charge on any atom is -0.481 e. The van der Waals surface area contributed by atoms with E-state index < -0.39 is 29.4 Å². The number of carbonyl (C=O) groups is 3. The van der Waals surface area contributed by atoms with Crippen LogP contribution in [0, 0.1) is 11.3 Å². The number of benzene rings is 2. The number of hydrogen-bond donors (Lipinski definition) is 2. The van der Waals surface area contributed by atoms with E-state index in [1.54, 1.807) is 11.8 Å². The number of carboxylic acids is 1. The summed E-state index contributed by atoms with van der Waals surface area (Å²) in [5.41, 5.74) is 3.63. The van der Waals surface area contributed by atoms with Crippen LogP contribution in [0.25, 0.3) is 11.1 Å². The number of alkyl carbamates (subject to hydrolysis) is 1. The number of carboxylic acid groups (broad SMARTS) is 1. The number of amides is 2. The lowest BCUT2D eigenvalue weighted by atomic mass is 9.90. The lowest BCUT2D eigenvalue weighted by Crippen LogP contribution is -2.48. The number of nitrogens with one attached hydrogen (secondary N) is 1. The minimum atomic E-state index is -0.940. The Hall–Kier alpha value is -3.39. The molecule has 2 aromatic carbocycles. The first-order valence-electron chi connectivity index (χ1n) is 11.6. The third-order valence-electron chi connectivity index (χ3n) is 7.35. The molecule has 2 N–H and O–H groups in total. The molecule has 8 nitrogen and oxygen atoms in total. The maximum Gasteiger partial charge on any atom is 0.407 e. The van der Waals surface area contributed by atoms with Gasteiger partial charge in [0, 0.05) is 19.0 Å². The molecule has 2 saturated heterocycles. The highest BCUT2D eigenvalue weighted by atomic mass is 16.5. The Bertz CT molecular complexity index is 1090. The predicted octanol–water partition coefficient (Wildman–Crippen LogP) is 2.86. The van der Waals surface area contributed by atoms with Crippen molar-refractivity contribution in [1.29, 1.82) is 0 Å². The maximum atomic E-state index is 13.1. The molecule has 0 spiro atoms. The number of fused-ring (bicyclic) bond motifs is 3. The molecule has 34 heavy (non-hydrogen) atoms. The number of carbonyl (C=O) groups excluding carboxylic acids is 2. The van der Waals surface area contributed by atoms with Crippen LogP contribution in [0.4, 0.5) is 4.79 Å². The Morgan fingerprint density at radius 1 is 1.09 bits per heavy atom. The molecule has 5 rings (SSSR count). The number of aliphatic carboxylic acids is 1. The lowest BCUT2D eigenvalue weighted by Gasteiger charge is -2.25. The van der Waals surface area contributed by atoms with Gasteiger partial charge in [0.25, 0.3) is 0 Å². The second-order valence-corrected chi connectivity index (χ2v) is 9.60. The Labute approximate surface area is 197 Å². The summed E-state index contributed by atoms with van der Waals surface area (Å²) in [4.78, 5) is 38.8. The number of hydrogen-bond acceptors (Lipinski definition) is 5. The number of ether oxygens (including phenoxy) is 2. The standard InChI is InChI=1S/C26H28N2O6/c1-26(24(30)31)10-11-28(15-26)23(29)21-12-33-14-22(21)27-25(32)34-13-20-18-8-4-2-6-16(18)17-7-3-5-9-19(17)20/h2-9,20-22H,10-15H2,1H3,(H,27,32)(H,30,31). The molecule has 0 aromatic heterocycles. The predicted molar refractivity (Wildman–Crippen MR) is 123 cm³/mol. The van der Waals surface area contributed by atoms with Gasteiger partial charge in [-0.1, -0.05) is 48.5 Å². The fourth-order valence-corrected chi connectivity index (χ4v) is 5.29. The molecule has 0 saturated carbocycles. The van der Waals surface area contributed by atoms with Crippen molar-refractivity contribution in [3.05, 3.63) is 59.7 Å². The quantitative estimate of drug-likeness (QED) is 0.705. The average Bonchev–Trinajstić information content (AvgIpc) is 3.54. The summed E-state index contributed by atoms with van der Waals surface area (Å²) in [5, 5.41) is 12.2. The van der Waals surface area contributed by atoms with E-state index in [1.165, 1.54) is 0 Å². The Balaban J connectivity index is 1.21. The van der Waals surface area contributed by atoms with Gasteiger partial charge < -0.3 is 24.8 Å². The SMILES string of the molecule is CC1(C(=O)O)CCN(C(=O)C2COCC2NC(=O)OCC2c3ccccc3-c3ccccc32)C1. The molecule has 3 aliphatic rings. The zero-order valence-electron chi connectivity index (χ0n) is 19.0. The van der Waals surface area contributed by atoms with Crippen LogP contribution in [-0.2, 0) is 19.1 Å². The Morgan fingerprint density at radius 2 is 1.74 bits per heavy atom. The van der Waals surface area contributed by atoms with E-state index in [0.29, 0.717) is 13.0 Å². The van der Waals surface area contributed by atoms with Gasteiger partial charge in [-0.05, 0) is 35.6 Å². The third kappa shape index (κ3) is 3.92. The molecule has 8 heteroatoms. The highest BCUT2D eigenvalue weighted by molar-refractivity contribution is 5.83. The maximum absolute atomic E-state index is 13.1. The molecule has 3 unspecified atom stereocenters. The van der Waals surface area contributed by atoms with E-state index in [9.17, 15) is 19.5 Å². The molecule has 0 bridgehead atoms. The van der Waals surface area contributed by atoms with Crippen LogP contribution in [0.2, 0.25) is 0 Å². The Kier molecular flexibility index (Phi) is 5.77. The molecule has 1 aliphatic carbocycles. The first kappa shape index (κ1) is 22.4. The van der Waals surface area contributed by atoms with Crippen LogP contribution in [0.5, 0.6) is 0 Å². The molecular formula is C26H28N2O6. The first-order chi connectivity index (χ1) is 16.4. The summed E-state index contributed by atoms with van der Waals surface area (Å²) in [6.45, 7) is 2.79. The molecule has 2 heterocycles. The Morgan fingerprint density at radius 3 is 2.35 bits per heavy atom. The average molecular weight is 465 g/mol. The smallest absolute Gasteiger partial charge is 0.407 e. The van der Waals surface area contributed by atoms with E-state index in [0.717, 1.165) is 22.3 Å². The molecule has 2 aromatic rings. The summed E-state index contributed by atoms with van der Waals surface area (Å²) in [5.74, 6) is -1.70. The van der Waals surface area contributed by atoms with Crippen molar-refractivity contribution in [3.63, 3.8) is 0 Å². The first-order valence-corrected chi connectivity index (χ1v) is 11.6. The van der Waals surface area contributed by atoms with Gasteiger partial charge in [-0.2, -0.15) is 0 Å². The lowest BCUT2D eigenvalue weighted by molar-refractivity contribution is -0.147. The summed E-state index contributed by atoms with van der Waals surface area (Å²) >= 11 is 0. The molecule has 2 aliphatic heterocycles. The van der Waals surface area contributed by atoms with Crippen molar-refractivity contribution >= 4 is 18.0 Å². The number of likely N-dealkylation sites (tertiary alicyclic amines) is 1. The van der Waals surface area contributed by atoms with Crippen LogP contribution in [-0.4, -0.2) is 66.9 Å². The fraction of sp³-hybridized carbons (Fsp3) is 0.423. The van der Waals surface area contributed by atoms with Gasteiger partial charge in [-0.3, -0.25) is 9.59 Å². The molecule has 0 radical (unpaired) electrons. The van der Waals surface area contributed by atoms with Crippen LogP contribution in [0.1, 0.15) is 30.4 Å². The second-order valence-electron chi connectivity index (χ2n) is 9.60. The van der Waals surface area contributed by atoms with Crippen molar-refractivity contribution in [2.24, 2.45) is 11.3 Å². The topological polar surface area (TPSA) is 105 Å². The normalized spacial score (nSPS) is 25.6. The molecule has 2 fully saturated rings. The summed E-state index contributed by atoms with van der Waals surface area (Å²) in [6.07, 6.45) is -0.182. The highest BCUT2D eigenvalue weighted by Gasteiger charge is 2.46. The van der Waals surface area contributed by atoms with Crippen molar-refractivity contribution in [2.75, 3.05) is 32.9 Å². The fourth-order valence-electron chi connectivity index (χ4n) is 5.29. The van der Waals surface area contributed by atoms with Crippen molar-refractivity contribution in [1.82, 2.24) is 10.2 Å². The van der Waals surface area contributed by atoms with Gasteiger partial charge in [-0.15, -0.1) is 0 Å². The van der Waals surface area contributed by atoms with Gasteiger partial charge in [-0.25, -0.2) is 4.79 Å². The van der Waals surface area contributed by atoms with Crippen molar-refractivity contribution in [2.45, 2.75) is 25.3 Å². The van der Waals surface area contributed by atoms with Gasteiger partial charge in [0.2, 0.25) is 5.91 Å². The third-order valence-corrected chi connectivity index (χ3v) is 7.35. The van der Waals surface area contributed by atoms with Gasteiger partial charge in [0.1, 0.15) is 6.61 Å². The van der Waals surface area contributed by atoms with Crippen LogP contribution in [0.15, 0.2) is 48.5 Å². The molecule has 2 amide bonds. The van der Waals surface area contributed by atoms with E-state index in [4.69, 9.17) is 9.47 Å². The van der Waals surface area contributed by atoms with Crippen LogP contribution in [0.3, 0.4) is 0 Å². The highest BCUT2D eigenvalue weighted by Crippen LogP contribution is 2.44. The largest absolute Gasteiger partial charge is 0.481 e. The van der Waals surface area contributed by atoms with E-state index in [2.05, 4.69) is 29.6 Å². The van der Waals surface area contributed by atoms with Crippen molar-refractivity contribution in [3.8, 4) is 11.1 Å². The van der Waals surface area contributed by atoms with E-state index >= 15 is 0 Å². The molecular weight excluding hydrogens is 436 g/mol. The summed E-state index contributed by atoms with van der Waals surface area (Å²) < 4.78 is 11.1. The summed E-state index contributed by atoms with van der Waals surface area (Å²) in [6, 6.07) is 15.7. The number of nitrogens with zero attached hydrogens (tertiary/aromatic N) is 1.